The van der Waals surface area contributed by atoms with Crippen LogP contribution < -0.4 is 0 Å². The highest BCUT2D eigenvalue weighted by atomic mass is 79.9. The van der Waals surface area contributed by atoms with Crippen molar-refractivity contribution in [1.82, 2.24) is 0 Å². The number of nitriles is 1. The number of aryl methyl sites for hydroxylation is 1. The zero-order valence-electron chi connectivity index (χ0n) is 7.06. The van der Waals surface area contributed by atoms with Crippen molar-refractivity contribution < 1.29 is 0 Å². The first kappa shape index (κ1) is 10.7. The highest BCUT2D eigenvalue weighted by molar-refractivity contribution is 9.10. The van der Waals surface area contributed by atoms with E-state index in [1.807, 2.05) is 12.1 Å². The molecule has 0 N–H and O–H groups in total. The summed E-state index contributed by atoms with van der Waals surface area (Å²) in [7, 11) is 0. The summed E-state index contributed by atoms with van der Waals surface area (Å²) in [5.74, 6) is 0. The van der Waals surface area contributed by atoms with Gasteiger partial charge in [0.05, 0.1) is 6.07 Å². The zero-order valence-corrected chi connectivity index (χ0v) is 10.2. The molecule has 0 bridgehead atoms. The van der Waals surface area contributed by atoms with Gasteiger partial charge in [-0.25, -0.2) is 0 Å². The summed E-state index contributed by atoms with van der Waals surface area (Å²) in [6, 6.07) is 8.25. The van der Waals surface area contributed by atoms with Crippen molar-refractivity contribution >= 4 is 31.9 Å². The first-order chi connectivity index (χ1) is 6.29. The number of halogens is 2. The second kappa shape index (κ2) is 5.41. The lowest BCUT2D eigenvalue weighted by Crippen LogP contribution is -1.92. The molecule has 68 valence electrons. The minimum absolute atomic E-state index is 0.580. The number of nitrogens with zero attached hydrogens (tertiary/aromatic N) is 1. The van der Waals surface area contributed by atoms with Crippen LogP contribution in [0, 0.1) is 11.3 Å². The normalized spacial score (nSPS) is 9.62. The third kappa shape index (κ3) is 2.82. The van der Waals surface area contributed by atoms with Crippen LogP contribution >= 0.6 is 31.9 Å². The van der Waals surface area contributed by atoms with E-state index in [1.54, 1.807) is 0 Å². The second-order valence-corrected chi connectivity index (χ2v) is 4.08. The Bertz CT molecular complexity index is 328. The van der Waals surface area contributed by atoms with Crippen molar-refractivity contribution in [2.75, 3.05) is 0 Å². The van der Waals surface area contributed by atoms with E-state index in [9.17, 15) is 0 Å². The summed E-state index contributed by atoms with van der Waals surface area (Å²) >= 11 is 6.92. The molecule has 1 nitrogen and oxygen atoms in total. The number of benzene rings is 1. The molecule has 0 aliphatic heterocycles. The van der Waals surface area contributed by atoms with Crippen LogP contribution in [0.5, 0.6) is 0 Å². The Balaban J connectivity index is 2.93. The average molecular weight is 303 g/mol. The molecular weight excluding hydrogens is 294 g/mol. The van der Waals surface area contributed by atoms with Crippen molar-refractivity contribution in [3.05, 3.63) is 33.8 Å². The topological polar surface area (TPSA) is 23.8 Å². The SMILES string of the molecule is N#CCCc1cccc(Br)c1CBr. The minimum Gasteiger partial charge on any atom is -0.198 e. The van der Waals surface area contributed by atoms with Crippen LogP contribution in [0.2, 0.25) is 0 Å². The van der Waals surface area contributed by atoms with Gasteiger partial charge < -0.3 is 0 Å². The van der Waals surface area contributed by atoms with Gasteiger partial charge >= 0.3 is 0 Å². The monoisotopic (exact) mass is 301 g/mol. The molecule has 0 aliphatic carbocycles. The molecular formula is C10H9Br2N. The maximum absolute atomic E-state index is 8.49. The smallest absolute Gasteiger partial charge is 0.0625 e. The Kier molecular flexibility index (Phi) is 4.47. The molecule has 0 amide bonds. The van der Waals surface area contributed by atoms with Gasteiger partial charge in [-0.2, -0.15) is 5.26 Å². The molecule has 0 atom stereocenters. The van der Waals surface area contributed by atoms with Crippen LogP contribution in [0.4, 0.5) is 0 Å². The van der Waals surface area contributed by atoms with E-state index in [-0.39, 0.29) is 0 Å². The van der Waals surface area contributed by atoms with E-state index in [2.05, 4.69) is 44.0 Å². The van der Waals surface area contributed by atoms with Crippen LogP contribution in [0.1, 0.15) is 17.5 Å². The lowest BCUT2D eigenvalue weighted by atomic mass is 10.0. The van der Waals surface area contributed by atoms with E-state index < -0.39 is 0 Å². The van der Waals surface area contributed by atoms with Crippen molar-refractivity contribution in [2.45, 2.75) is 18.2 Å². The molecule has 1 aromatic rings. The van der Waals surface area contributed by atoms with Gasteiger partial charge in [0, 0.05) is 16.2 Å². The van der Waals surface area contributed by atoms with E-state index in [0.29, 0.717) is 6.42 Å². The summed E-state index contributed by atoms with van der Waals surface area (Å²) in [5, 5.41) is 9.32. The molecule has 13 heavy (non-hydrogen) atoms. The van der Waals surface area contributed by atoms with Crippen molar-refractivity contribution in [1.29, 1.82) is 5.26 Å². The number of alkyl halides is 1. The molecule has 0 aliphatic rings. The predicted molar refractivity (Wildman–Crippen MR) is 60.7 cm³/mol. The van der Waals surface area contributed by atoms with Crippen molar-refractivity contribution in [2.24, 2.45) is 0 Å². The molecule has 1 rings (SSSR count). The summed E-state index contributed by atoms with van der Waals surface area (Å²) in [6.45, 7) is 0. The Morgan fingerprint density at radius 2 is 2.15 bits per heavy atom. The zero-order chi connectivity index (χ0) is 9.68. The van der Waals surface area contributed by atoms with Crippen LogP contribution in [0.15, 0.2) is 22.7 Å². The molecule has 0 saturated carbocycles. The van der Waals surface area contributed by atoms with E-state index >= 15 is 0 Å². The standard InChI is InChI=1S/C10H9Br2N/c11-7-9-8(4-2-6-13)3-1-5-10(9)12/h1,3,5H,2,4,7H2. The summed E-state index contributed by atoms with van der Waals surface area (Å²) in [5.41, 5.74) is 2.49. The third-order valence-corrected chi connectivity index (χ3v) is 3.16. The molecule has 0 radical (unpaired) electrons. The van der Waals surface area contributed by atoms with Crippen LogP contribution in [-0.4, -0.2) is 0 Å². The quantitative estimate of drug-likeness (QED) is 0.779. The molecule has 0 heterocycles. The van der Waals surface area contributed by atoms with E-state index in [4.69, 9.17) is 5.26 Å². The minimum atomic E-state index is 0.580. The van der Waals surface area contributed by atoms with Gasteiger partial charge in [-0.3, -0.25) is 0 Å². The fourth-order valence-corrected chi connectivity index (χ4v) is 2.76. The molecule has 1 aromatic carbocycles. The van der Waals surface area contributed by atoms with Gasteiger partial charge in [-0.15, -0.1) is 0 Å². The maximum atomic E-state index is 8.49. The molecule has 0 saturated heterocycles. The highest BCUT2D eigenvalue weighted by Crippen LogP contribution is 2.23. The molecule has 0 spiro atoms. The van der Waals surface area contributed by atoms with Gasteiger partial charge in [0.1, 0.15) is 0 Å². The van der Waals surface area contributed by atoms with E-state index in [0.717, 1.165) is 16.2 Å². The fraction of sp³-hybridized carbons (Fsp3) is 0.300. The predicted octanol–water partition coefficient (Wildman–Crippen LogP) is 3.80. The Morgan fingerprint density at radius 1 is 1.38 bits per heavy atom. The average Bonchev–Trinajstić information content (AvgIpc) is 2.15. The van der Waals surface area contributed by atoms with Crippen LogP contribution in [-0.2, 0) is 11.8 Å². The Labute approximate surface area is 95.0 Å². The fourth-order valence-electron chi connectivity index (χ4n) is 1.18. The lowest BCUT2D eigenvalue weighted by molar-refractivity contribution is 0.991. The third-order valence-electron chi connectivity index (χ3n) is 1.86. The Morgan fingerprint density at radius 3 is 2.77 bits per heavy atom. The van der Waals surface area contributed by atoms with Crippen molar-refractivity contribution in [3.8, 4) is 6.07 Å². The summed E-state index contributed by atoms with van der Waals surface area (Å²) in [6.07, 6.45) is 1.41. The van der Waals surface area contributed by atoms with Crippen LogP contribution in [0.25, 0.3) is 0 Å². The summed E-state index contributed by atoms with van der Waals surface area (Å²) < 4.78 is 1.11. The first-order valence-corrected chi connectivity index (χ1v) is 5.90. The number of hydrogen-bond acceptors (Lipinski definition) is 1. The van der Waals surface area contributed by atoms with Gasteiger partial charge in [0.25, 0.3) is 0 Å². The second-order valence-electron chi connectivity index (χ2n) is 2.67. The van der Waals surface area contributed by atoms with Gasteiger partial charge in [0.15, 0.2) is 0 Å². The summed E-state index contributed by atoms with van der Waals surface area (Å²) in [4.78, 5) is 0. The first-order valence-electron chi connectivity index (χ1n) is 3.98. The number of rotatable bonds is 3. The van der Waals surface area contributed by atoms with Gasteiger partial charge in [-0.05, 0) is 23.6 Å². The molecule has 3 heteroatoms. The Hall–Kier alpha value is -0.330. The highest BCUT2D eigenvalue weighted by Gasteiger charge is 2.04. The van der Waals surface area contributed by atoms with Crippen LogP contribution in [0.3, 0.4) is 0 Å². The number of hydrogen-bond donors (Lipinski definition) is 0. The van der Waals surface area contributed by atoms with Gasteiger partial charge in [0.2, 0.25) is 0 Å². The van der Waals surface area contributed by atoms with Crippen molar-refractivity contribution in [3.63, 3.8) is 0 Å². The van der Waals surface area contributed by atoms with E-state index in [1.165, 1.54) is 11.1 Å². The molecule has 0 unspecified atom stereocenters. The molecule has 0 fully saturated rings. The maximum Gasteiger partial charge on any atom is 0.0625 e. The van der Waals surface area contributed by atoms with Gasteiger partial charge in [-0.1, -0.05) is 44.0 Å². The lowest BCUT2D eigenvalue weighted by Gasteiger charge is -2.06. The molecule has 0 aromatic heterocycles. The largest absolute Gasteiger partial charge is 0.198 e.